The van der Waals surface area contributed by atoms with Crippen molar-refractivity contribution in [3.63, 3.8) is 0 Å². The number of hydrogen-bond donors (Lipinski definition) is 0. The molecule has 3 aromatic rings. The highest BCUT2D eigenvalue weighted by molar-refractivity contribution is 14.1. The molecule has 2 aromatic carbocycles. The van der Waals surface area contributed by atoms with Gasteiger partial charge in [-0.3, -0.25) is 4.79 Å². The molecule has 0 spiro atoms. The van der Waals surface area contributed by atoms with Crippen LogP contribution in [0, 0.1) is 3.57 Å². The monoisotopic (exact) mass is 361 g/mol. The summed E-state index contributed by atoms with van der Waals surface area (Å²) in [4.78, 5) is 11.4. The number of para-hydroxylation sites is 1. The zero-order chi connectivity index (χ0) is 13.2. The van der Waals surface area contributed by atoms with Crippen LogP contribution < -0.4 is 0 Å². The maximum Gasteiger partial charge on any atom is 0.167 e. The fourth-order valence-electron chi connectivity index (χ4n) is 2.33. The van der Waals surface area contributed by atoms with Crippen molar-refractivity contribution in [1.82, 2.24) is 4.57 Å². The molecule has 0 saturated heterocycles. The average molecular weight is 361 g/mol. The molecule has 2 nitrogen and oxygen atoms in total. The Morgan fingerprint density at radius 2 is 1.68 bits per heavy atom. The molecule has 0 aliphatic carbocycles. The largest absolute Gasteiger partial charge is 0.333 e. The van der Waals surface area contributed by atoms with Gasteiger partial charge in [0.15, 0.2) is 6.29 Å². The summed E-state index contributed by atoms with van der Waals surface area (Å²) in [5, 5.41) is 1.14. The second-order valence-corrected chi connectivity index (χ2v) is 5.48. The van der Waals surface area contributed by atoms with E-state index in [0.717, 1.165) is 33.0 Å². The van der Waals surface area contributed by atoms with Gasteiger partial charge in [-0.1, -0.05) is 48.5 Å². The third kappa shape index (κ3) is 2.18. The van der Waals surface area contributed by atoms with Crippen molar-refractivity contribution in [2.45, 2.75) is 6.54 Å². The first-order valence-corrected chi connectivity index (χ1v) is 7.15. The van der Waals surface area contributed by atoms with Gasteiger partial charge in [0.1, 0.15) is 0 Å². The third-order valence-electron chi connectivity index (χ3n) is 3.24. The van der Waals surface area contributed by atoms with Crippen LogP contribution in [0.1, 0.15) is 16.1 Å². The molecule has 1 aromatic heterocycles. The molecule has 3 heteroatoms. The smallest absolute Gasteiger partial charge is 0.167 e. The standard InChI is InChI=1S/C16H12INO/c17-16-13-8-4-5-9-14(13)18(15(16)11-19)10-12-6-2-1-3-7-12/h1-9,11H,10H2. The Labute approximate surface area is 125 Å². The van der Waals surface area contributed by atoms with Gasteiger partial charge < -0.3 is 4.57 Å². The Balaban J connectivity index is 2.19. The summed E-state index contributed by atoms with van der Waals surface area (Å²) in [5.74, 6) is 0. The second-order valence-electron chi connectivity index (χ2n) is 4.41. The van der Waals surface area contributed by atoms with Crippen LogP contribution in [0.15, 0.2) is 54.6 Å². The zero-order valence-corrected chi connectivity index (χ0v) is 12.4. The maximum atomic E-state index is 11.4. The molecule has 3 rings (SSSR count). The molecule has 0 atom stereocenters. The van der Waals surface area contributed by atoms with Crippen molar-refractivity contribution >= 4 is 39.8 Å². The van der Waals surface area contributed by atoms with Gasteiger partial charge in [-0.05, 0) is 34.2 Å². The molecule has 0 amide bonds. The van der Waals surface area contributed by atoms with E-state index in [2.05, 4.69) is 51.4 Å². The maximum absolute atomic E-state index is 11.4. The number of carbonyl (C=O) groups is 1. The molecule has 0 fully saturated rings. The number of rotatable bonds is 3. The Morgan fingerprint density at radius 3 is 2.42 bits per heavy atom. The van der Waals surface area contributed by atoms with Crippen LogP contribution in [-0.4, -0.2) is 10.9 Å². The van der Waals surface area contributed by atoms with E-state index in [0.29, 0.717) is 0 Å². The predicted octanol–water partition coefficient (Wildman–Crippen LogP) is 4.11. The van der Waals surface area contributed by atoms with Crippen LogP contribution in [0.2, 0.25) is 0 Å². The Bertz CT molecular complexity index is 731. The lowest BCUT2D eigenvalue weighted by molar-refractivity contribution is 0.111. The van der Waals surface area contributed by atoms with Crippen molar-refractivity contribution in [2.24, 2.45) is 0 Å². The van der Waals surface area contributed by atoms with Gasteiger partial charge in [-0.25, -0.2) is 0 Å². The fourth-order valence-corrected chi connectivity index (χ4v) is 3.21. The van der Waals surface area contributed by atoms with Crippen LogP contribution in [0.25, 0.3) is 10.9 Å². The number of carbonyl (C=O) groups excluding carboxylic acids is 1. The number of aromatic nitrogens is 1. The van der Waals surface area contributed by atoms with Gasteiger partial charge in [0.25, 0.3) is 0 Å². The number of benzene rings is 2. The van der Waals surface area contributed by atoms with Gasteiger partial charge in [-0.2, -0.15) is 0 Å². The molecule has 0 N–H and O–H groups in total. The first-order chi connectivity index (χ1) is 9.31. The van der Waals surface area contributed by atoms with Crippen molar-refractivity contribution in [3.05, 3.63) is 69.4 Å². The van der Waals surface area contributed by atoms with E-state index in [4.69, 9.17) is 0 Å². The molecular weight excluding hydrogens is 349 g/mol. The summed E-state index contributed by atoms with van der Waals surface area (Å²) < 4.78 is 3.11. The third-order valence-corrected chi connectivity index (χ3v) is 4.38. The molecule has 94 valence electrons. The van der Waals surface area contributed by atoms with E-state index in [1.807, 2.05) is 30.3 Å². The fraction of sp³-hybridized carbons (Fsp3) is 0.0625. The topological polar surface area (TPSA) is 22.0 Å². The number of nitrogens with zero attached hydrogens (tertiary/aromatic N) is 1. The van der Waals surface area contributed by atoms with Crippen molar-refractivity contribution in [3.8, 4) is 0 Å². The van der Waals surface area contributed by atoms with Crippen LogP contribution in [0.4, 0.5) is 0 Å². The Kier molecular flexibility index (Phi) is 3.38. The van der Waals surface area contributed by atoms with Gasteiger partial charge in [-0.15, -0.1) is 0 Å². The van der Waals surface area contributed by atoms with E-state index in [1.165, 1.54) is 5.56 Å². The molecular formula is C16H12INO. The minimum Gasteiger partial charge on any atom is -0.333 e. The van der Waals surface area contributed by atoms with Crippen LogP contribution >= 0.6 is 22.6 Å². The van der Waals surface area contributed by atoms with Crippen LogP contribution in [0.5, 0.6) is 0 Å². The lowest BCUT2D eigenvalue weighted by atomic mass is 10.2. The van der Waals surface area contributed by atoms with E-state index in [9.17, 15) is 4.79 Å². The molecule has 0 bridgehead atoms. The second kappa shape index (κ2) is 5.17. The summed E-state index contributed by atoms with van der Waals surface area (Å²) in [6.45, 7) is 0.721. The number of aldehydes is 1. The number of fused-ring (bicyclic) bond motifs is 1. The minimum atomic E-state index is 0.721. The normalized spacial score (nSPS) is 10.8. The van der Waals surface area contributed by atoms with E-state index < -0.39 is 0 Å². The molecule has 0 radical (unpaired) electrons. The quantitative estimate of drug-likeness (QED) is 0.509. The lowest BCUT2D eigenvalue weighted by Gasteiger charge is -2.07. The van der Waals surface area contributed by atoms with Crippen LogP contribution in [-0.2, 0) is 6.54 Å². The molecule has 0 aliphatic heterocycles. The summed E-state index contributed by atoms with van der Waals surface area (Å²) in [6, 6.07) is 18.3. The van der Waals surface area contributed by atoms with E-state index >= 15 is 0 Å². The highest BCUT2D eigenvalue weighted by Crippen LogP contribution is 2.27. The average Bonchev–Trinajstić information content (AvgIpc) is 2.73. The van der Waals surface area contributed by atoms with Crippen molar-refractivity contribution < 1.29 is 4.79 Å². The first-order valence-electron chi connectivity index (χ1n) is 6.07. The van der Waals surface area contributed by atoms with Gasteiger partial charge >= 0.3 is 0 Å². The highest BCUT2D eigenvalue weighted by Gasteiger charge is 2.14. The molecule has 19 heavy (non-hydrogen) atoms. The first kappa shape index (κ1) is 12.4. The summed E-state index contributed by atoms with van der Waals surface area (Å²) in [7, 11) is 0. The van der Waals surface area contributed by atoms with E-state index in [-0.39, 0.29) is 0 Å². The molecule has 0 aliphatic rings. The molecule has 0 saturated carbocycles. The summed E-state index contributed by atoms with van der Waals surface area (Å²) >= 11 is 2.25. The van der Waals surface area contributed by atoms with Crippen molar-refractivity contribution in [2.75, 3.05) is 0 Å². The number of hydrogen-bond acceptors (Lipinski definition) is 1. The minimum absolute atomic E-state index is 0.721. The SMILES string of the molecule is O=Cc1c(I)c2ccccc2n1Cc1ccccc1. The van der Waals surface area contributed by atoms with Crippen molar-refractivity contribution in [1.29, 1.82) is 0 Å². The Morgan fingerprint density at radius 1 is 1.00 bits per heavy atom. The highest BCUT2D eigenvalue weighted by atomic mass is 127. The van der Waals surface area contributed by atoms with Gasteiger partial charge in [0, 0.05) is 21.0 Å². The van der Waals surface area contributed by atoms with Gasteiger partial charge in [0.05, 0.1) is 5.69 Å². The zero-order valence-electron chi connectivity index (χ0n) is 10.2. The summed E-state index contributed by atoms with van der Waals surface area (Å²) in [6.07, 6.45) is 0.949. The van der Waals surface area contributed by atoms with E-state index in [1.54, 1.807) is 0 Å². The molecule has 1 heterocycles. The lowest BCUT2D eigenvalue weighted by Crippen LogP contribution is -2.04. The van der Waals surface area contributed by atoms with Crippen LogP contribution in [0.3, 0.4) is 0 Å². The number of halogens is 1. The molecule has 0 unspecified atom stereocenters. The predicted molar refractivity (Wildman–Crippen MR) is 85.6 cm³/mol. The van der Waals surface area contributed by atoms with Gasteiger partial charge in [0.2, 0.25) is 0 Å². The summed E-state index contributed by atoms with van der Waals surface area (Å²) in [5.41, 5.74) is 3.06. The Hall–Kier alpha value is -1.62.